The standard InChI is InChI=1S/C38H77N3O2/c1-6-10-11-12-13-14-15-16-17-18-19-20-22-25-28-31-34-39-38(43)36(5)40-37(42)33-30-27-24-21-23-26-29-32-35-41(7-2,8-3)9-4/h36H,6-35H2,1-5H3,(H-,39,40,42,43)/p+1/t36-/m1/s1. The van der Waals surface area contributed by atoms with Crippen LogP contribution in [0.3, 0.4) is 0 Å². The lowest BCUT2D eigenvalue weighted by Gasteiger charge is -2.35. The Morgan fingerprint density at radius 2 is 0.884 bits per heavy atom. The Hall–Kier alpha value is -1.10. The van der Waals surface area contributed by atoms with Gasteiger partial charge in [0.25, 0.3) is 0 Å². The average Bonchev–Trinajstić information content (AvgIpc) is 3.01. The zero-order chi connectivity index (χ0) is 31.9. The van der Waals surface area contributed by atoms with Crippen molar-refractivity contribution in [2.45, 2.75) is 201 Å². The first-order chi connectivity index (χ1) is 20.9. The zero-order valence-electron chi connectivity index (χ0n) is 30.1. The highest BCUT2D eigenvalue weighted by Crippen LogP contribution is 2.15. The molecule has 1 atom stereocenters. The lowest BCUT2D eigenvalue weighted by molar-refractivity contribution is -0.923. The molecule has 0 saturated carbocycles. The van der Waals surface area contributed by atoms with Gasteiger partial charge in [-0.15, -0.1) is 0 Å². The van der Waals surface area contributed by atoms with Gasteiger partial charge >= 0.3 is 0 Å². The van der Waals surface area contributed by atoms with E-state index < -0.39 is 6.04 Å². The fraction of sp³-hybridized carbons (Fsp3) is 0.947. The molecule has 0 saturated heterocycles. The monoisotopic (exact) mass is 609 g/mol. The van der Waals surface area contributed by atoms with Gasteiger partial charge in [0.05, 0.1) is 26.2 Å². The van der Waals surface area contributed by atoms with Gasteiger partial charge in [0.2, 0.25) is 11.8 Å². The third kappa shape index (κ3) is 25.9. The van der Waals surface area contributed by atoms with Gasteiger partial charge in [-0.2, -0.15) is 0 Å². The summed E-state index contributed by atoms with van der Waals surface area (Å²) >= 11 is 0. The molecular weight excluding hydrogens is 530 g/mol. The van der Waals surface area contributed by atoms with E-state index in [1.807, 2.05) is 0 Å². The summed E-state index contributed by atoms with van der Waals surface area (Å²) in [4.78, 5) is 24.6. The van der Waals surface area contributed by atoms with Crippen LogP contribution in [0.2, 0.25) is 0 Å². The number of carbonyl (C=O) groups excluding carboxylic acids is 2. The summed E-state index contributed by atoms with van der Waals surface area (Å²) in [5.74, 6) is -0.0448. The predicted octanol–water partition coefficient (Wildman–Crippen LogP) is 10.3. The van der Waals surface area contributed by atoms with E-state index in [4.69, 9.17) is 0 Å². The van der Waals surface area contributed by atoms with E-state index in [0.29, 0.717) is 13.0 Å². The van der Waals surface area contributed by atoms with E-state index in [0.717, 1.165) is 19.3 Å². The molecule has 0 rings (SSSR count). The Kier molecular flexibility index (Phi) is 30.1. The molecule has 0 aromatic carbocycles. The molecule has 0 aromatic heterocycles. The maximum atomic E-state index is 12.3. The van der Waals surface area contributed by atoms with E-state index >= 15 is 0 Å². The molecular formula is C38H78N3O2+. The lowest BCUT2D eigenvalue weighted by Crippen LogP contribution is -2.48. The molecule has 0 radical (unpaired) electrons. The van der Waals surface area contributed by atoms with Crippen molar-refractivity contribution < 1.29 is 14.1 Å². The second-order valence-electron chi connectivity index (χ2n) is 13.5. The van der Waals surface area contributed by atoms with E-state index in [-0.39, 0.29) is 11.8 Å². The highest BCUT2D eigenvalue weighted by Gasteiger charge is 2.19. The molecule has 0 aliphatic carbocycles. The number of hydrogen-bond donors (Lipinski definition) is 2. The van der Waals surface area contributed by atoms with Gasteiger partial charge in [0, 0.05) is 13.0 Å². The van der Waals surface area contributed by atoms with Crippen LogP contribution in [0.1, 0.15) is 195 Å². The molecule has 5 nitrogen and oxygen atoms in total. The number of amides is 2. The third-order valence-electron chi connectivity index (χ3n) is 9.90. The van der Waals surface area contributed by atoms with Gasteiger partial charge in [-0.05, 0) is 53.4 Å². The number of carbonyl (C=O) groups is 2. The molecule has 0 fully saturated rings. The summed E-state index contributed by atoms with van der Waals surface area (Å²) in [5, 5.41) is 5.89. The van der Waals surface area contributed by atoms with Crippen LogP contribution < -0.4 is 10.6 Å². The van der Waals surface area contributed by atoms with Crippen molar-refractivity contribution in [2.75, 3.05) is 32.7 Å². The smallest absolute Gasteiger partial charge is 0.242 e. The van der Waals surface area contributed by atoms with Crippen molar-refractivity contribution in [3.8, 4) is 0 Å². The summed E-state index contributed by atoms with van der Waals surface area (Å²) in [6.07, 6.45) is 32.0. The zero-order valence-corrected chi connectivity index (χ0v) is 30.1. The van der Waals surface area contributed by atoms with Gasteiger partial charge in [0.15, 0.2) is 0 Å². The van der Waals surface area contributed by atoms with Gasteiger partial charge < -0.3 is 15.1 Å². The molecule has 0 heterocycles. The third-order valence-corrected chi connectivity index (χ3v) is 9.90. The van der Waals surface area contributed by atoms with Crippen LogP contribution in [-0.4, -0.2) is 55.1 Å². The summed E-state index contributed by atoms with van der Waals surface area (Å²) in [7, 11) is 0. The molecule has 0 aromatic rings. The second-order valence-corrected chi connectivity index (χ2v) is 13.5. The fourth-order valence-electron chi connectivity index (χ4n) is 6.36. The molecule has 0 bridgehead atoms. The van der Waals surface area contributed by atoms with E-state index in [1.165, 1.54) is 165 Å². The second kappa shape index (κ2) is 30.9. The van der Waals surface area contributed by atoms with Gasteiger partial charge in [-0.1, -0.05) is 135 Å². The van der Waals surface area contributed by atoms with E-state index in [2.05, 4.69) is 38.3 Å². The van der Waals surface area contributed by atoms with E-state index in [1.54, 1.807) is 6.92 Å². The normalized spacial score (nSPS) is 12.4. The van der Waals surface area contributed by atoms with Crippen molar-refractivity contribution in [3.05, 3.63) is 0 Å². The van der Waals surface area contributed by atoms with Crippen LogP contribution in [0, 0.1) is 0 Å². The SMILES string of the molecule is CCCCCCCCCCCCCCCCCCNC(=O)[C@@H](C)NC(=O)CCCCCCCCCC[N+](CC)(CC)CC. The Labute approximate surface area is 270 Å². The summed E-state index contributed by atoms with van der Waals surface area (Å²) in [6.45, 7) is 16.9. The summed E-state index contributed by atoms with van der Waals surface area (Å²) < 4.78 is 1.27. The van der Waals surface area contributed by atoms with Crippen molar-refractivity contribution in [1.82, 2.24) is 10.6 Å². The molecule has 256 valence electrons. The maximum Gasteiger partial charge on any atom is 0.242 e. The fourth-order valence-corrected chi connectivity index (χ4v) is 6.36. The molecule has 0 spiro atoms. The van der Waals surface area contributed by atoms with Crippen LogP contribution in [0.25, 0.3) is 0 Å². The quantitative estimate of drug-likeness (QED) is 0.0575. The first-order valence-corrected chi connectivity index (χ1v) is 19.4. The van der Waals surface area contributed by atoms with Crippen molar-refractivity contribution >= 4 is 11.8 Å². The first kappa shape index (κ1) is 41.9. The van der Waals surface area contributed by atoms with Crippen LogP contribution >= 0.6 is 0 Å². The number of nitrogens with zero attached hydrogens (tertiary/aromatic N) is 1. The minimum Gasteiger partial charge on any atom is -0.354 e. The highest BCUT2D eigenvalue weighted by atomic mass is 16.2. The molecule has 0 aliphatic rings. The van der Waals surface area contributed by atoms with Crippen molar-refractivity contribution in [1.29, 1.82) is 0 Å². The Bertz CT molecular complexity index is 612. The Morgan fingerprint density at radius 1 is 0.512 bits per heavy atom. The maximum absolute atomic E-state index is 12.3. The number of rotatable bonds is 33. The summed E-state index contributed by atoms with van der Waals surface area (Å²) in [6, 6.07) is -0.445. The highest BCUT2D eigenvalue weighted by molar-refractivity contribution is 5.87. The van der Waals surface area contributed by atoms with Crippen molar-refractivity contribution in [2.24, 2.45) is 0 Å². The molecule has 43 heavy (non-hydrogen) atoms. The molecule has 2 N–H and O–H groups in total. The van der Waals surface area contributed by atoms with Crippen LogP contribution in [0.15, 0.2) is 0 Å². The Balaban J connectivity index is 3.50. The molecule has 2 amide bonds. The Morgan fingerprint density at radius 3 is 1.30 bits per heavy atom. The topological polar surface area (TPSA) is 58.2 Å². The number of nitrogens with one attached hydrogen (secondary N) is 2. The van der Waals surface area contributed by atoms with Crippen LogP contribution in [0.5, 0.6) is 0 Å². The van der Waals surface area contributed by atoms with Crippen LogP contribution in [0.4, 0.5) is 0 Å². The lowest BCUT2D eigenvalue weighted by atomic mass is 10.0. The molecule has 0 aliphatic heterocycles. The number of hydrogen-bond acceptors (Lipinski definition) is 2. The molecule has 0 unspecified atom stereocenters. The number of quaternary nitrogens is 1. The number of unbranched alkanes of at least 4 members (excludes halogenated alkanes) is 22. The van der Waals surface area contributed by atoms with Crippen molar-refractivity contribution in [3.63, 3.8) is 0 Å². The van der Waals surface area contributed by atoms with E-state index in [9.17, 15) is 9.59 Å². The minimum atomic E-state index is -0.445. The largest absolute Gasteiger partial charge is 0.354 e. The average molecular weight is 609 g/mol. The molecule has 5 heteroatoms. The van der Waals surface area contributed by atoms with Gasteiger partial charge in [0.1, 0.15) is 6.04 Å². The first-order valence-electron chi connectivity index (χ1n) is 19.4. The van der Waals surface area contributed by atoms with Gasteiger partial charge in [-0.25, -0.2) is 0 Å². The van der Waals surface area contributed by atoms with Gasteiger partial charge in [-0.3, -0.25) is 9.59 Å². The predicted molar refractivity (Wildman–Crippen MR) is 188 cm³/mol. The van der Waals surface area contributed by atoms with Crippen LogP contribution in [-0.2, 0) is 9.59 Å². The minimum absolute atomic E-state index is 0.00874. The summed E-state index contributed by atoms with van der Waals surface area (Å²) in [5.41, 5.74) is 0.